The van der Waals surface area contributed by atoms with Gasteiger partial charge in [0.25, 0.3) is 0 Å². The Hall–Kier alpha value is -3.69. The number of amides is 1. The fourth-order valence-corrected chi connectivity index (χ4v) is 7.49. The Kier molecular flexibility index (Phi) is 8.53. The summed E-state index contributed by atoms with van der Waals surface area (Å²) in [4.78, 5) is 29.3. The van der Waals surface area contributed by atoms with Gasteiger partial charge in [-0.1, -0.05) is 62.9 Å². The minimum Gasteiger partial charge on any atom is -0.377 e. The summed E-state index contributed by atoms with van der Waals surface area (Å²) in [6, 6.07) is 13.0. The molecule has 0 radical (unpaired) electrons. The second-order valence-electron chi connectivity index (χ2n) is 12.7. The van der Waals surface area contributed by atoms with Gasteiger partial charge >= 0.3 is 5.91 Å². The van der Waals surface area contributed by atoms with E-state index in [1.807, 2.05) is 22.9 Å². The molecule has 3 fully saturated rings. The van der Waals surface area contributed by atoms with Crippen LogP contribution in [0.1, 0.15) is 81.0 Å². The molecule has 2 aliphatic carbocycles. The normalized spacial score (nSPS) is 25.2. The Morgan fingerprint density at radius 1 is 1.09 bits per heavy atom. The molecule has 2 saturated carbocycles. The molecule has 1 aromatic carbocycles. The maximum atomic E-state index is 13.0. The number of morpholine rings is 1. The molecule has 12 heteroatoms. The van der Waals surface area contributed by atoms with Gasteiger partial charge in [0.1, 0.15) is 5.52 Å². The summed E-state index contributed by atoms with van der Waals surface area (Å²) in [7, 11) is -3.84. The van der Waals surface area contributed by atoms with Crippen LogP contribution in [0.3, 0.4) is 0 Å². The van der Waals surface area contributed by atoms with Crippen molar-refractivity contribution in [3.63, 3.8) is 0 Å². The fraction of sp³-hybridized carbons (Fsp3) is 0.562. The number of imidazole rings is 1. The highest BCUT2D eigenvalue weighted by molar-refractivity contribution is 7.89. The average molecular weight is 620 g/mol. The van der Waals surface area contributed by atoms with E-state index >= 15 is 0 Å². The second-order valence-corrected chi connectivity index (χ2v) is 14.5. The molecule has 3 aliphatic rings. The van der Waals surface area contributed by atoms with E-state index in [-0.39, 0.29) is 29.6 Å². The number of aromatic nitrogens is 4. The number of carbonyl (C=O) groups excluding carboxylic acids is 1. The standard InChI is InChI=1S/C32H41N7O4S/c1-5-38-27-28(33-21(3)22-14-10-15-22)34-30(31(40)37-44(4,41)42)35-29(27)36-32(38)39-25(23-12-7-6-8-13-23)18-43-19-26(39)24-16-9-11-20(2)17-24/h1,6-8,12-13,20-22,24-26H,9-11,14-19H2,2-4H3,(H,37,40)(H,33,34,35). The Balaban J connectivity index is 1.52. The van der Waals surface area contributed by atoms with Crippen LogP contribution in [0.15, 0.2) is 30.3 Å². The SMILES string of the molecule is C#Cn1c(N2C(c3ccccc3)COCC2C2CCCC(C)C2)nc2nc(C(=O)NS(C)(=O)=O)nc(NC(C)C3CCC3)c21. The van der Waals surface area contributed by atoms with Gasteiger partial charge in [0, 0.05) is 12.1 Å². The van der Waals surface area contributed by atoms with E-state index in [1.165, 1.54) is 12.8 Å². The van der Waals surface area contributed by atoms with E-state index in [2.05, 4.69) is 52.2 Å². The predicted molar refractivity (Wildman–Crippen MR) is 170 cm³/mol. The van der Waals surface area contributed by atoms with Crippen LogP contribution in [0.2, 0.25) is 0 Å². The van der Waals surface area contributed by atoms with Crippen molar-refractivity contribution < 1.29 is 17.9 Å². The van der Waals surface area contributed by atoms with E-state index in [1.54, 1.807) is 4.57 Å². The largest absolute Gasteiger partial charge is 0.377 e. The predicted octanol–water partition coefficient (Wildman–Crippen LogP) is 4.33. The van der Waals surface area contributed by atoms with E-state index in [0.29, 0.717) is 48.3 Å². The third kappa shape index (κ3) is 6.13. The lowest BCUT2D eigenvalue weighted by Gasteiger charge is -2.47. The number of nitrogens with one attached hydrogen (secondary N) is 2. The highest BCUT2D eigenvalue weighted by atomic mass is 32.2. The number of sulfonamides is 1. The minimum absolute atomic E-state index is 0.0203. The molecule has 3 aromatic rings. The van der Waals surface area contributed by atoms with Gasteiger partial charge in [0.05, 0.1) is 31.6 Å². The molecule has 44 heavy (non-hydrogen) atoms. The lowest BCUT2D eigenvalue weighted by atomic mass is 9.77. The zero-order valence-corrected chi connectivity index (χ0v) is 26.4. The number of ether oxygens (including phenoxy) is 1. The van der Waals surface area contributed by atoms with E-state index in [0.717, 1.165) is 43.9 Å². The van der Waals surface area contributed by atoms with Crippen LogP contribution in [0, 0.1) is 30.2 Å². The molecule has 3 heterocycles. The van der Waals surface area contributed by atoms with Gasteiger partial charge in [0.2, 0.25) is 21.8 Å². The summed E-state index contributed by atoms with van der Waals surface area (Å²) in [5.74, 6) is 1.13. The maximum absolute atomic E-state index is 13.0. The van der Waals surface area contributed by atoms with Gasteiger partial charge in [-0.25, -0.2) is 27.7 Å². The molecule has 234 valence electrons. The Labute approximate surface area is 259 Å². The van der Waals surface area contributed by atoms with Gasteiger partial charge < -0.3 is 15.0 Å². The van der Waals surface area contributed by atoms with Crippen LogP contribution >= 0.6 is 0 Å². The number of nitrogens with zero attached hydrogens (tertiary/aromatic N) is 5. The third-order valence-corrected chi connectivity index (χ3v) is 10.1. The molecule has 0 bridgehead atoms. The Morgan fingerprint density at radius 3 is 2.50 bits per heavy atom. The average Bonchev–Trinajstić information content (AvgIpc) is 3.34. The number of carbonyl (C=O) groups is 1. The first kappa shape index (κ1) is 30.3. The van der Waals surface area contributed by atoms with Crippen molar-refractivity contribution in [2.24, 2.45) is 17.8 Å². The lowest BCUT2D eigenvalue weighted by Crippen LogP contribution is -2.53. The minimum atomic E-state index is -3.84. The van der Waals surface area contributed by atoms with Gasteiger partial charge in [0.15, 0.2) is 11.5 Å². The lowest BCUT2D eigenvalue weighted by molar-refractivity contribution is 0.0373. The molecule has 1 aliphatic heterocycles. The number of hydrogen-bond acceptors (Lipinski definition) is 9. The van der Waals surface area contributed by atoms with Crippen molar-refractivity contribution in [2.45, 2.75) is 76.9 Å². The van der Waals surface area contributed by atoms with Crippen molar-refractivity contribution in [2.75, 3.05) is 29.7 Å². The van der Waals surface area contributed by atoms with Gasteiger partial charge in [-0.05, 0) is 55.9 Å². The molecule has 2 aromatic heterocycles. The number of rotatable bonds is 8. The molecule has 1 amide bonds. The summed E-state index contributed by atoms with van der Waals surface area (Å²) < 4.78 is 33.7. The van der Waals surface area contributed by atoms with Crippen LogP contribution in [0.5, 0.6) is 0 Å². The van der Waals surface area contributed by atoms with Gasteiger partial charge in [-0.2, -0.15) is 4.98 Å². The number of terminal acetylenes is 1. The molecule has 6 rings (SSSR count). The molecule has 2 N–H and O–H groups in total. The summed E-state index contributed by atoms with van der Waals surface area (Å²) in [6.45, 7) is 5.41. The number of anilines is 2. The number of fused-ring (bicyclic) bond motifs is 1. The van der Waals surface area contributed by atoms with E-state index < -0.39 is 15.9 Å². The monoisotopic (exact) mass is 619 g/mol. The molecule has 5 atom stereocenters. The van der Waals surface area contributed by atoms with Crippen molar-refractivity contribution in [3.05, 3.63) is 41.7 Å². The highest BCUT2D eigenvalue weighted by Gasteiger charge is 2.41. The molecule has 1 saturated heterocycles. The number of hydrogen-bond donors (Lipinski definition) is 2. The van der Waals surface area contributed by atoms with E-state index in [9.17, 15) is 13.2 Å². The fourth-order valence-electron chi connectivity index (χ4n) is 7.06. The summed E-state index contributed by atoms with van der Waals surface area (Å²) >= 11 is 0. The second kappa shape index (κ2) is 12.4. The Bertz CT molecular complexity index is 1660. The molecule has 11 nitrogen and oxygen atoms in total. The quantitative estimate of drug-likeness (QED) is 0.354. The molecule has 0 spiro atoms. The van der Waals surface area contributed by atoms with Crippen molar-refractivity contribution in [1.29, 1.82) is 0 Å². The van der Waals surface area contributed by atoms with Crippen molar-refractivity contribution in [3.8, 4) is 12.5 Å². The van der Waals surface area contributed by atoms with Crippen LogP contribution in [-0.2, 0) is 14.8 Å². The van der Waals surface area contributed by atoms with Crippen LogP contribution in [-0.4, -0.2) is 65.4 Å². The molecular weight excluding hydrogens is 578 g/mol. The summed E-state index contributed by atoms with van der Waals surface area (Å²) in [5.41, 5.74) is 1.80. The van der Waals surface area contributed by atoms with Crippen LogP contribution in [0.25, 0.3) is 11.2 Å². The highest BCUT2D eigenvalue weighted by Crippen LogP contribution is 2.42. The smallest absolute Gasteiger partial charge is 0.302 e. The summed E-state index contributed by atoms with van der Waals surface area (Å²) in [6.07, 6.45) is 15.1. The van der Waals surface area contributed by atoms with Crippen molar-refractivity contribution >= 4 is 38.9 Å². The van der Waals surface area contributed by atoms with Crippen LogP contribution < -0.4 is 14.9 Å². The topological polar surface area (TPSA) is 131 Å². The van der Waals surface area contributed by atoms with Crippen LogP contribution in [0.4, 0.5) is 11.8 Å². The zero-order valence-electron chi connectivity index (χ0n) is 25.6. The first-order chi connectivity index (χ1) is 21.1. The Morgan fingerprint density at radius 2 is 1.84 bits per heavy atom. The van der Waals surface area contributed by atoms with Gasteiger partial charge in [-0.15, -0.1) is 0 Å². The van der Waals surface area contributed by atoms with E-state index in [4.69, 9.17) is 16.1 Å². The first-order valence-electron chi connectivity index (χ1n) is 15.6. The zero-order chi connectivity index (χ0) is 31.0. The third-order valence-electron chi connectivity index (χ3n) is 9.52. The maximum Gasteiger partial charge on any atom is 0.302 e. The van der Waals surface area contributed by atoms with Gasteiger partial charge in [-0.3, -0.25) is 4.79 Å². The molecule has 5 unspecified atom stereocenters. The number of benzene rings is 1. The molecular formula is C32H41N7O4S. The summed E-state index contributed by atoms with van der Waals surface area (Å²) in [5, 5.41) is 3.48. The first-order valence-corrected chi connectivity index (χ1v) is 17.5. The van der Waals surface area contributed by atoms with Crippen molar-refractivity contribution in [1.82, 2.24) is 24.2 Å².